The van der Waals surface area contributed by atoms with Crippen LogP contribution in [0.25, 0.3) is 0 Å². The number of likely N-dealkylation sites (tertiary alicyclic amines) is 1. The number of pyridine rings is 1. The fourth-order valence-corrected chi connectivity index (χ4v) is 4.41. The Balaban J connectivity index is 1.40. The summed E-state index contributed by atoms with van der Waals surface area (Å²) in [4.78, 5) is 47.3. The molecule has 2 fully saturated rings. The first-order valence-electron chi connectivity index (χ1n) is 10.9. The number of nitrogens with zero attached hydrogens (tertiary/aromatic N) is 4. The van der Waals surface area contributed by atoms with E-state index in [1.54, 1.807) is 40.1 Å². The van der Waals surface area contributed by atoms with Gasteiger partial charge in [-0.05, 0) is 37.1 Å². The lowest BCUT2D eigenvalue weighted by Crippen LogP contribution is -2.52. The lowest BCUT2D eigenvalue weighted by molar-refractivity contribution is -0.142. The zero-order chi connectivity index (χ0) is 23.4. The zero-order valence-corrected chi connectivity index (χ0v) is 19.6. The molecule has 0 unspecified atom stereocenters. The molecule has 4 rings (SSSR count). The van der Waals surface area contributed by atoms with Crippen LogP contribution < -0.4 is 10.2 Å². The van der Waals surface area contributed by atoms with Gasteiger partial charge in [-0.25, -0.2) is 4.98 Å². The summed E-state index contributed by atoms with van der Waals surface area (Å²) >= 11 is 12.1. The fourth-order valence-electron chi connectivity index (χ4n) is 4.06. The predicted octanol–water partition coefficient (Wildman–Crippen LogP) is 3.30. The van der Waals surface area contributed by atoms with Crippen LogP contribution in [0, 0.1) is 0 Å². The van der Waals surface area contributed by atoms with Crippen molar-refractivity contribution in [1.29, 1.82) is 0 Å². The maximum absolute atomic E-state index is 12.7. The van der Waals surface area contributed by atoms with Gasteiger partial charge in [0.15, 0.2) is 5.82 Å². The number of amides is 3. The van der Waals surface area contributed by atoms with Gasteiger partial charge in [0.05, 0.1) is 17.3 Å². The second kappa shape index (κ2) is 10.4. The van der Waals surface area contributed by atoms with Crippen molar-refractivity contribution in [2.24, 2.45) is 0 Å². The van der Waals surface area contributed by atoms with Crippen LogP contribution in [0.5, 0.6) is 0 Å². The fraction of sp³-hybridized carbons (Fsp3) is 0.391. The number of aromatic nitrogens is 1. The normalized spacial score (nSPS) is 16.7. The highest BCUT2D eigenvalue weighted by molar-refractivity contribution is 6.31. The molecule has 33 heavy (non-hydrogen) atoms. The molecule has 2 saturated heterocycles. The second-order valence-corrected chi connectivity index (χ2v) is 9.00. The molecule has 10 heteroatoms. The summed E-state index contributed by atoms with van der Waals surface area (Å²) in [7, 11) is 0. The molecule has 1 aromatic carbocycles. The van der Waals surface area contributed by atoms with Gasteiger partial charge in [-0.2, -0.15) is 0 Å². The Morgan fingerprint density at radius 1 is 1.00 bits per heavy atom. The van der Waals surface area contributed by atoms with Crippen LogP contribution in [-0.2, 0) is 9.59 Å². The highest BCUT2D eigenvalue weighted by atomic mass is 35.5. The lowest BCUT2D eigenvalue weighted by atomic mass is 10.1. The van der Waals surface area contributed by atoms with Crippen LogP contribution in [0.1, 0.15) is 29.6 Å². The van der Waals surface area contributed by atoms with Crippen LogP contribution in [0.15, 0.2) is 36.5 Å². The minimum absolute atomic E-state index is 0.0385. The highest BCUT2D eigenvalue weighted by Crippen LogP contribution is 2.28. The van der Waals surface area contributed by atoms with Crippen LogP contribution in [-0.4, -0.2) is 71.8 Å². The molecule has 0 saturated carbocycles. The smallest absolute Gasteiger partial charge is 0.255 e. The van der Waals surface area contributed by atoms with E-state index in [-0.39, 0.29) is 24.3 Å². The van der Waals surface area contributed by atoms with Gasteiger partial charge < -0.3 is 20.0 Å². The average molecular weight is 490 g/mol. The van der Waals surface area contributed by atoms with E-state index in [9.17, 15) is 14.4 Å². The third-order valence-corrected chi connectivity index (χ3v) is 6.29. The molecule has 2 aliphatic rings. The van der Waals surface area contributed by atoms with Gasteiger partial charge in [-0.1, -0.05) is 29.3 Å². The van der Waals surface area contributed by atoms with Gasteiger partial charge in [0.1, 0.15) is 0 Å². The number of rotatable bonds is 5. The molecule has 0 radical (unpaired) electrons. The summed E-state index contributed by atoms with van der Waals surface area (Å²) < 4.78 is 0. The number of halogens is 2. The van der Waals surface area contributed by atoms with Crippen LogP contribution >= 0.6 is 23.2 Å². The number of benzene rings is 1. The number of carbonyl (C=O) groups excluding carboxylic acids is 3. The van der Waals surface area contributed by atoms with E-state index >= 15 is 0 Å². The first-order valence-corrected chi connectivity index (χ1v) is 11.7. The Hall–Kier alpha value is -2.84. The summed E-state index contributed by atoms with van der Waals surface area (Å²) in [5.74, 6) is 0.290. The third kappa shape index (κ3) is 5.75. The van der Waals surface area contributed by atoms with Crippen molar-refractivity contribution in [2.45, 2.75) is 19.3 Å². The molecule has 3 amide bonds. The minimum atomic E-state index is -0.317. The molecule has 1 aromatic heterocycles. The summed E-state index contributed by atoms with van der Waals surface area (Å²) in [5, 5.41) is 3.75. The monoisotopic (exact) mass is 489 g/mol. The van der Waals surface area contributed by atoms with Gasteiger partial charge in [0.25, 0.3) is 5.91 Å². The molecule has 8 nitrogen and oxygen atoms in total. The van der Waals surface area contributed by atoms with Gasteiger partial charge in [0, 0.05) is 55.9 Å². The SMILES string of the molecule is O=C(Nc1cc(Cl)cnc1N1CCN(C(=O)CN2CCCCC2=O)CC1)c1cccc(Cl)c1. The summed E-state index contributed by atoms with van der Waals surface area (Å²) in [6.07, 6.45) is 3.89. The molecule has 1 N–H and O–H groups in total. The molecular weight excluding hydrogens is 465 g/mol. The van der Waals surface area contributed by atoms with E-state index in [1.165, 1.54) is 6.20 Å². The van der Waals surface area contributed by atoms with Crippen molar-refractivity contribution in [2.75, 3.05) is 49.5 Å². The van der Waals surface area contributed by atoms with Gasteiger partial charge >= 0.3 is 0 Å². The lowest BCUT2D eigenvalue weighted by Gasteiger charge is -2.37. The van der Waals surface area contributed by atoms with Gasteiger partial charge in [0.2, 0.25) is 11.8 Å². The first-order chi connectivity index (χ1) is 15.9. The highest BCUT2D eigenvalue weighted by Gasteiger charge is 2.27. The standard InChI is InChI=1S/C23H25Cl2N5O3/c24-17-5-3-4-16(12-17)23(33)27-19-13-18(25)14-26-22(19)29-10-8-28(9-11-29)21(32)15-30-7-2-1-6-20(30)31/h3-5,12-14H,1-2,6-11,15H2,(H,27,33). The topological polar surface area (TPSA) is 85.8 Å². The molecule has 2 aliphatic heterocycles. The minimum Gasteiger partial charge on any atom is -0.351 e. The van der Waals surface area contributed by atoms with E-state index in [4.69, 9.17) is 23.2 Å². The van der Waals surface area contributed by atoms with E-state index in [0.717, 1.165) is 12.8 Å². The van der Waals surface area contributed by atoms with Crippen LogP contribution in [0.3, 0.4) is 0 Å². The predicted molar refractivity (Wildman–Crippen MR) is 128 cm³/mol. The Morgan fingerprint density at radius 2 is 1.79 bits per heavy atom. The Labute approximate surface area is 202 Å². The molecule has 0 bridgehead atoms. The number of anilines is 2. The van der Waals surface area contributed by atoms with E-state index in [0.29, 0.717) is 66.3 Å². The van der Waals surface area contributed by atoms with E-state index < -0.39 is 0 Å². The van der Waals surface area contributed by atoms with Crippen molar-refractivity contribution in [1.82, 2.24) is 14.8 Å². The molecule has 0 aliphatic carbocycles. The Bertz CT molecular complexity index is 1060. The molecule has 3 heterocycles. The number of hydrogen-bond acceptors (Lipinski definition) is 5. The average Bonchev–Trinajstić information content (AvgIpc) is 2.81. The van der Waals surface area contributed by atoms with Crippen molar-refractivity contribution in [3.05, 3.63) is 52.1 Å². The molecule has 2 aromatic rings. The molecule has 0 atom stereocenters. The van der Waals surface area contributed by atoms with E-state index in [2.05, 4.69) is 10.3 Å². The maximum Gasteiger partial charge on any atom is 0.255 e. The van der Waals surface area contributed by atoms with Crippen molar-refractivity contribution >= 4 is 52.4 Å². The number of piperidine rings is 1. The van der Waals surface area contributed by atoms with Crippen LogP contribution in [0.2, 0.25) is 10.0 Å². The van der Waals surface area contributed by atoms with Crippen molar-refractivity contribution in [3.63, 3.8) is 0 Å². The van der Waals surface area contributed by atoms with Gasteiger partial charge in [-0.15, -0.1) is 0 Å². The molecule has 174 valence electrons. The van der Waals surface area contributed by atoms with Gasteiger partial charge in [-0.3, -0.25) is 14.4 Å². The summed E-state index contributed by atoms with van der Waals surface area (Å²) in [6.45, 7) is 2.90. The van der Waals surface area contributed by atoms with Crippen molar-refractivity contribution < 1.29 is 14.4 Å². The zero-order valence-electron chi connectivity index (χ0n) is 18.1. The number of carbonyl (C=O) groups is 3. The number of hydrogen-bond donors (Lipinski definition) is 1. The molecule has 0 spiro atoms. The van der Waals surface area contributed by atoms with Crippen LogP contribution in [0.4, 0.5) is 11.5 Å². The maximum atomic E-state index is 12.7. The summed E-state index contributed by atoms with van der Waals surface area (Å²) in [6, 6.07) is 8.34. The number of nitrogens with one attached hydrogen (secondary N) is 1. The number of piperazine rings is 1. The quantitative estimate of drug-likeness (QED) is 0.696. The Morgan fingerprint density at radius 3 is 2.52 bits per heavy atom. The first kappa shape index (κ1) is 23.3. The third-order valence-electron chi connectivity index (χ3n) is 5.85. The van der Waals surface area contributed by atoms with E-state index in [1.807, 2.05) is 4.90 Å². The second-order valence-electron chi connectivity index (χ2n) is 8.13. The summed E-state index contributed by atoms with van der Waals surface area (Å²) in [5.41, 5.74) is 0.919. The Kier molecular flexibility index (Phi) is 7.35. The van der Waals surface area contributed by atoms with Crippen molar-refractivity contribution in [3.8, 4) is 0 Å². The largest absolute Gasteiger partial charge is 0.351 e. The molecular formula is C23H25Cl2N5O3.